The van der Waals surface area contributed by atoms with Gasteiger partial charge in [0, 0.05) is 37.7 Å². The summed E-state index contributed by atoms with van der Waals surface area (Å²) < 4.78 is 9.29. The fraction of sp³-hybridized carbons (Fsp3) is 0.818. The van der Waals surface area contributed by atoms with E-state index in [-0.39, 0.29) is 0 Å². The molecule has 0 saturated carbocycles. The minimum Gasteiger partial charge on any atom is -0.385 e. The summed E-state index contributed by atoms with van der Waals surface area (Å²) in [5.41, 5.74) is 0. The number of anilines is 1. The highest BCUT2D eigenvalue weighted by molar-refractivity contribution is 7.09. The molecule has 92 valence electrons. The van der Waals surface area contributed by atoms with Crippen LogP contribution < -0.4 is 5.32 Å². The van der Waals surface area contributed by atoms with E-state index in [0.29, 0.717) is 5.92 Å². The molecule has 0 aliphatic carbocycles. The predicted molar refractivity (Wildman–Crippen MR) is 68.2 cm³/mol. The number of hydrogen-bond acceptors (Lipinski definition) is 5. The molecule has 1 aromatic rings. The van der Waals surface area contributed by atoms with Gasteiger partial charge in [-0.15, -0.1) is 0 Å². The Labute approximate surface area is 102 Å². The molecule has 0 amide bonds. The van der Waals surface area contributed by atoms with Crippen LogP contribution in [0.4, 0.5) is 5.13 Å². The van der Waals surface area contributed by atoms with E-state index in [4.69, 9.17) is 4.74 Å². The lowest BCUT2D eigenvalue weighted by molar-refractivity contribution is 0.192. The number of ether oxygens (including phenoxy) is 1. The second-order valence-electron chi connectivity index (χ2n) is 4.09. The third-order valence-electron chi connectivity index (χ3n) is 2.26. The van der Waals surface area contributed by atoms with Crippen LogP contribution in [0.1, 0.15) is 44.9 Å². The highest BCUT2D eigenvalue weighted by Gasteiger charge is 2.06. The van der Waals surface area contributed by atoms with E-state index in [0.717, 1.165) is 36.9 Å². The summed E-state index contributed by atoms with van der Waals surface area (Å²) in [5, 5.41) is 4.24. The van der Waals surface area contributed by atoms with Crippen molar-refractivity contribution in [3.05, 3.63) is 5.82 Å². The molecular formula is C11H21N3OS. The van der Waals surface area contributed by atoms with E-state index < -0.39 is 0 Å². The van der Waals surface area contributed by atoms with E-state index >= 15 is 0 Å². The lowest BCUT2D eigenvalue weighted by Gasteiger charge is -2.01. The third-order valence-corrected chi connectivity index (χ3v) is 2.95. The molecule has 0 bridgehead atoms. The van der Waals surface area contributed by atoms with Crippen molar-refractivity contribution in [1.82, 2.24) is 9.36 Å². The second kappa shape index (κ2) is 7.57. The number of unbranched alkanes of at least 4 members (excludes halogenated alkanes) is 2. The van der Waals surface area contributed by atoms with Crippen molar-refractivity contribution >= 4 is 16.7 Å². The molecule has 0 aliphatic heterocycles. The molecule has 16 heavy (non-hydrogen) atoms. The quantitative estimate of drug-likeness (QED) is 0.713. The predicted octanol–water partition coefficient (Wildman–Crippen LogP) is 2.89. The monoisotopic (exact) mass is 243 g/mol. The molecule has 1 heterocycles. The first-order valence-corrected chi connectivity index (χ1v) is 6.57. The molecular weight excluding hydrogens is 222 g/mol. The van der Waals surface area contributed by atoms with Crippen molar-refractivity contribution in [1.29, 1.82) is 0 Å². The first-order valence-electron chi connectivity index (χ1n) is 5.80. The van der Waals surface area contributed by atoms with E-state index in [2.05, 4.69) is 28.5 Å². The molecule has 1 rings (SSSR count). The van der Waals surface area contributed by atoms with Crippen molar-refractivity contribution in [3.8, 4) is 0 Å². The van der Waals surface area contributed by atoms with Gasteiger partial charge in [0.15, 0.2) is 0 Å². The van der Waals surface area contributed by atoms with Crippen molar-refractivity contribution in [2.24, 2.45) is 0 Å². The zero-order valence-corrected chi connectivity index (χ0v) is 11.1. The van der Waals surface area contributed by atoms with Gasteiger partial charge in [-0.05, 0) is 19.3 Å². The molecule has 5 heteroatoms. The number of aromatic nitrogens is 2. The van der Waals surface area contributed by atoms with Crippen LogP contribution in [-0.4, -0.2) is 29.6 Å². The van der Waals surface area contributed by atoms with Gasteiger partial charge in [-0.1, -0.05) is 13.8 Å². The maximum atomic E-state index is 5.00. The topological polar surface area (TPSA) is 47.0 Å². The van der Waals surface area contributed by atoms with Crippen LogP contribution in [0.15, 0.2) is 0 Å². The average molecular weight is 243 g/mol. The molecule has 1 aromatic heterocycles. The van der Waals surface area contributed by atoms with E-state index in [1.807, 2.05) is 0 Å². The molecule has 1 N–H and O–H groups in total. The lowest BCUT2D eigenvalue weighted by Crippen LogP contribution is -2.02. The maximum absolute atomic E-state index is 5.00. The molecule has 0 fully saturated rings. The lowest BCUT2D eigenvalue weighted by atomic mass is 10.2. The van der Waals surface area contributed by atoms with Gasteiger partial charge < -0.3 is 10.1 Å². The normalized spacial score (nSPS) is 11.0. The van der Waals surface area contributed by atoms with Crippen LogP contribution in [0.25, 0.3) is 0 Å². The van der Waals surface area contributed by atoms with Crippen molar-refractivity contribution in [3.63, 3.8) is 0 Å². The van der Waals surface area contributed by atoms with Gasteiger partial charge in [0.25, 0.3) is 0 Å². The Hall–Kier alpha value is -0.680. The zero-order chi connectivity index (χ0) is 11.8. The smallest absolute Gasteiger partial charge is 0.202 e. The SMILES string of the molecule is COCCCCCNc1nc(C(C)C)ns1. The Balaban J connectivity index is 2.12. The average Bonchev–Trinajstić information content (AvgIpc) is 2.72. The number of methoxy groups -OCH3 is 1. The Kier molecular flexibility index (Phi) is 6.33. The fourth-order valence-corrected chi connectivity index (χ4v) is 2.02. The summed E-state index contributed by atoms with van der Waals surface area (Å²) in [6, 6.07) is 0. The highest BCUT2D eigenvalue weighted by Crippen LogP contribution is 2.17. The minimum absolute atomic E-state index is 0.411. The van der Waals surface area contributed by atoms with Crippen LogP contribution in [0, 0.1) is 0 Å². The molecule has 4 nitrogen and oxygen atoms in total. The van der Waals surface area contributed by atoms with Crippen LogP contribution in [-0.2, 0) is 4.74 Å². The van der Waals surface area contributed by atoms with Gasteiger partial charge in [-0.25, -0.2) is 4.98 Å². The Morgan fingerprint density at radius 2 is 2.12 bits per heavy atom. The third kappa shape index (κ3) is 4.90. The van der Waals surface area contributed by atoms with Gasteiger partial charge in [-0.2, -0.15) is 4.37 Å². The first kappa shape index (κ1) is 13.4. The Morgan fingerprint density at radius 1 is 1.31 bits per heavy atom. The number of nitrogens with one attached hydrogen (secondary N) is 1. The Morgan fingerprint density at radius 3 is 2.75 bits per heavy atom. The van der Waals surface area contributed by atoms with Crippen LogP contribution >= 0.6 is 11.5 Å². The van der Waals surface area contributed by atoms with E-state index in [1.165, 1.54) is 18.0 Å². The zero-order valence-electron chi connectivity index (χ0n) is 10.3. The second-order valence-corrected chi connectivity index (χ2v) is 4.84. The largest absolute Gasteiger partial charge is 0.385 e. The molecule has 0 saturated heterocycles. The number of nitrogens with zero attached hydrogens (tertiary/aromatic N) is 2. The summed E-state index contributed by atoms with van der Waals surface area (Å²) in [5.74, 6) is 1.35. The molecule has 0 spiro atoms. The van der Waals surface area contributed by atoms with Gasteiger partial charge in [0.1, 0.15) is 5.82 Å². The first-order chi connectivity index (χ1) is 7.74. The highest BCUT2D eigenvalue weighted by atomic mass is 32.1. The minimum atomic E-state index is 0.411. The van der Waals surface area contributed by atoms with Gasteiger partial charge in [0.05, 0.1) is 0 Å². The molecule has 0 atom stereocenters. The van der Waals surface area contributed by atoms with Gasteiger partial charge >= 0.3 is 0 Å². The molecule has 0 aromatic carbocycles. The standard InChI is InChI=1S/C11H21N3OS/c1-9(2)10-13-11(16-14-10)12-7-5-4-6-8-15-3/h9H,4-8H2,1-3H3,(H,12,13,14). The van der Waals surface area contributed by atoms with E-state index in [1.54, 1.807) is 7.11 Å². The summed E-state index contributed by atoms with van der Waals surface area (Å²) >= 11 is 1.45. The number of rotatable bonds is 8. The number of hydrogen-bond donors (Lipinski definition) is 1. The van der Waals surface area contributed by atoms with Gasteiger partial charge in [-0.3, -0.25) is 0 Å². The summed E-state index contributed by atoms with van der Waals surface area (Å²) in [7, 11) is 1.74. The summed E-state index contributed by atoms with van der Waals surface area (Å²) in [6.07, 6.45) is 3.47. The van der Waals surface area contributed by atoms with Gasteiger partial charge in [0.2, 0.25) is 5.13 Å². The van der Waals surface area contributed by atoms with Crippen LogP contribution in [0.5, 0.6) is 0 Å². The molecule has 0 radical (unpaired) electrons. The Bertz CT molecular complexity index is 289. The van der Waals surface area contributed by atoms with Crippen LogP contribution in [0.2, 0.25) is 0 Å². The molecule has 0 aliphatic rings. The summed E-state index contributed by atoms with van der Waals surface area (Å²) in [6.45, 7) is 6.04. The van der Waals surface area contributed by atoms with Crippen molar-refractivity contribution in [2.45, 2.75) is 39.0 Å². The van der Waals surface area contributed by atoms with Crippen molar-refractivity contribution in [2.75, 3.05) is 25.6 Å². The summed E-state index contributed by atoms with van der Waals surface area (Å²) in [4.78, 5) is 4.42. The maximum Gasteiger partial charge on any atom is 0.202 e. The van der Waals surface area contributed by atoms with Crippen LogP contribution in [0.3, 0.4) is 0 Å². The molecule has 0 unspecified atom stereocenters. The van der Waals surface area contributed by atoms with Crippen molar-refractivity contribution < 1.29 is 4.74 Å². The van der Waals surface area contributed by atoms with E-state index in [9.17, 15) is 0 Å². The fourth-order valence-electron chi connectivity index (χ4n) is 1.28.